The van der Waals surface area contributed by atoms with Gasteiger partial charge in [0.25, 0.3) is 5.91 Å². The minimum absolute atomic E-state index is 0.155. The minimum Gasteiger partial charge on any atom is -0.482 e. The number of rotatable bonds is 6. The first-order valence-electron chi connectivity index (χ1n) is 7.23. The minimum atomic E-state index is -0.298. The van der Waals surface area contributed by atoms with Crippen molar-refractivity contribution in [3.05, 3.63) is 57.0 Å². The molecule has 0 saturated heterocycles. The number of hydrogen-bond donors (Lipinski definition) is 1. The maximum atomic E-state index is 11.7. The van der Waals surface area contributed by atoms with Crippen molar-refractivity contribution in [1.82, 2.24) is 5.32 Å². The van der Waals surface area contributed by atoms with Crippen molar-refractivity contribution in [2.24, 2.45) is 0 Å². The molecule has 2 aromatic carbocycles. The van der Waals surface area contributed by atoms with Crippen LogP contribution in [0.4, 0.5) is 0 Å². The lowest BCUT2D eigenvalue weighted by atomic mass is 10.3. The van der Waals surface area contributed by atoms with Gasteiger partial charge in [0.2, 0.25) is 0 Å². The number of benzene rings is 2. The highest BCUT2D eigenvalue weighted by atomic mass is 79.9. The first kappa shape index (κ1) is 19.5. The van der Waals surface area contributed by atoms with Crippen molar-refractivity contribution in [3.8, 4) is 23.3 Å². The summed E-state index contributed by atoms with van der Waals surface area (Å²) >= 11 is 15.1. The van der Waals surface area contributed by atoms with E-state index in [1.165, 1.54) is 0 Å². The molecule has 0 heterocycles. The third-order valence-electron chi connectivity index (χ3n) is 2.86. The topological polar surface area (TPSA) is 47.6 Å². The van der Waals surface area contributed by atoms with Crippen molar-refractivity contribution in [1.29, 1.82) is 0 Å². The summed E-state index contributed by atoms with van der Waals surface area (Å²) in [6.45, 7) is 0.291. The van der Waals surface area contributed by atoms with Gasteiger partial charge in [-0.25, -0.2) is 0 Å². The van der Waals surface area contributed by atoms with E-state index in [1.54, 1.807) is 18.2 Å². The van der Waals surface area contributed by atoms with Crippen LogP contribution in [0.25, 0.3) is 0 Å². The summed E-state index contributed by atoms with van der Waals surface area (Å²) in [7, 11) is 0. The highest BCUT2D eigenvalue weighted by molar-refractivity contribution is 9.10. The molecule has 0 aromatic heterocycles. The molecule has 0 saturated carbocycles. The number of carbonyl (C=O) groups is 1. The SMILES string of the molecule is O=C(COc1ccc(Cl)cc1Cl)NCC#CCOc1cccc(Br)c1. The maximum Gasteiger partial charge on any atom is 0.258 e. The lowest BCUT2D eigenvalue weighted by molar-refractivity contribution is -0.122. The van der Waals surface area contributed by atoms with E-state index in [1.807, 2.05) is 24.3 Å². The van der Waals surface area contributed by atoms with Crippen LogP contribution in [0, 0.1) is 11.8 Å². The molecule has 0 atom stereocenters. The van der Waals surface area contributed by atoms with Gasteiger partial charge in [-0.05, 0) is 36.4 Å². The highest BCUT2D eigenvalue weighted by Gasteiger charge is 2.05. The maximum absolute atomic E-state index is 11.7. The van der Waals surface area contributed by atoms with Gasteiger partial charge in [-0.3, -0.25) is 4.79 Å². The van der Waals surface area contributed by atoms with Gasteiger partial charge in [-0.15, -0.1) is 0 Å². The van der Waals surface area contributed by atoms with Crippen molar-refractivity contribution in [2.75, 3.05) is 19.8 Å². The predicted molar refractivity (Wildman–Crippen MR) is 102 cm³/mol. The van der Waals surface area contributed by atoms with Crippen molar-refractivity contribution in [2.45, 2.75) is 0 Å². The molecule has 2 aromatic rings. The van der Waals surface area contributed by atoms with E-state index >= 15 is 0 Å². The van der Waals surface area contributed by atoms with Crippen LogP contribution in [0.15, 0.2) is 46.9 Å². The Morgan fingerprint density at radius 1 is 1.12 bits per heavy atom. The van der Waals surface area contributed by atoms with E-state index in [4.69, 9.17) is 32.7 Å². The molecule has 0 fully saturated rings. The normalized spacial score (nSPS) is 9.72. The number of carbonyl (C=O) groups excluding carboxylic acids is 1. The lowest BCUT2D eigenvalue weighted by Crippen LogP contribution is -2.29. The Morgan fingerprint density at radius 2 is 1.96 bits per heavy atom. The number of nitrogens with one attached hydrogen (secondary N) is 1. The van der Waals surface area contributed by atoms with Gasteiger partial charge in [0, 0.05) is 9.50 Å². The summed E-state index contributed by atoms with van der Waals surface area (Å²) in [6.07, 6.45) is 0. The second-order valence-corrected chi connectivity index (χ2v) is 6.50. The van der Waals surface area contributed by atoms with Gasteiger partial charge >= 0.3 is 0 Å². The standard InChI is InChI=1S/C18H14BrCl2NO3/c19-13-4-3-5-15(10-13)24-9-2-1-8-22-18(23)12-25-17-7-6-14(20)11-16(17)21/h3-7,10-11H,8-9,12H2,(H,22,23). The highest BCUT2D eigenvalue weighted by Crippen LogP contribution is 2.27. The molecular weight excluding hydrogens is 429 g/mol. The smallest absolute Gasteiger partial charge is 0.258 e. The van der Waals surface area contributed by atoms with Gasteiger partial charge in [0.15, 0.2) is 6.61 Å². The Hall–Kier alpha value is -1.87. The van der Waals surface area contributed by atoms with Crippen LogP contribution in [0.5, 0.6) is 11.5 Å². The zero-order valence-corrected chi connectivity index (χ0v) is 16.1. The van der Waals surface area contributed by atoms with Crippen LogP contribution in [-0.4, -0.2) is 25.7 Å². The Balaban J connectivity index is 1.65. The van der Waals surface area contributed by atoms with E-state index in [0.29, 0.717) is 15.8 Å². The molecule has 1 amide bonds. The van der Waals surface area contributed by atoms with Gasteiger partial charge < -0.3 is 14.8 Å². The molecule has 0 spiro atoms. The molecule has 0 aliphatic rings. The van der Waals surface area contributed by atoms with Crippen molar-refractivity contribution in [3.63, 3.8) is 0 Å². The third-order valence-corrected chi connectivity index (χ3v) is 3.88. The van der Waals surface area contributed by atoms with Crippen molar-refractivity contribution < 1.29 is 14.3 Å². The molecule has 0 aliphatic heterocycles. The van der Waals surface area contributed by atoms with Crippen LogP contribution in [0.3, 0.4) is 0 Å². The first-order chi connectivity index (χ1) is 12.0. The Morgan fingerprint density at radius 3 is 2.72 bits per heavy atom. The molecule has 130 valence electrons. The Kier molecular flexibility index (Phi) is 7.93. The predicted octanol–water partition coefficient (Wildman–Crippen LogP) is 4.33. The molecule has 4 nitrogen and oxygen atoms in total. The van der Waals surface area contributed by atoms with Gasteiger partial charge in [0.1, 0.15) is 18.1 Å². The first-order valence-corrected chi connectivity index (χ1v) is 8.78. The molecule has 7 heteroatoms. The largest absolute Gasteiger partial charge is 0.482 e. The van der Waals surface area contributed by atoms with Crippen LogP contribution < -0.4 is 14.8 Å². The Bertz CT molecular complexity index is 802. The summed E-state index contributed by atoms with van der Waals surface area (Å²) in [5, 5.41) is 3.48. The Labute approximate surface area is 164 Å². The average molecular weight is 443 g/mol. The van der Waals surface area contributed by atoms with E-state index in [-0.39, 0.29) is 25.7 Å². The van der Waals surface area contributed by atoms with E-state index < -0.39 is 0 Å². The summed E-state index contributed by atoms with van der Waals surface area (Å²) in [5.74, 6) is 6.44. The number of hydrogen-bond acceptors (Lipinski definition) is 3. The molecule has 0 unspecified atom stereocenters. The van der Waals surface area contributed by atoms with E-state index in [2.05, 4.69) is 33.1 Å². The van der Waals surface area contributed by atoms with Crippen LogP contribution in [-0.2, 0) is 4.79 Å². The molecule has 0 bridgehead atoms. The van der Waals surface area contributed by atoms with E-state index in [9.17, 15) is 4.79 Å². The molecular formula is C18H14BrCl2NO3. The quantitative estimate of drug-likeness (QED) is 0.677. The fourth-order valence-electron chi connectivity index (χ4n) is 1.72. The van der Waals surface area contributed by atoms with Crippen LogP contribution in [0.2, 0.25) is 10.0 Å². The third kappa shape index (κ3) is 7.27. The number of halogens is 3. The molecule has 0 aliphatic carbocycles. The second kappa shape index (κ2) is 10.2. The molecule has 0 radical (unpaired) electrons. The fraction of sp³-hybridized carbons (Fsp3) is 0.167. The lowest BCUT2D eigenvalue weighted by Gasteiger charge is -2.07. The summed E-state index contributed by atoms with van der Waals surface area (Å²) in [4.78, 5) is 11.7. The number of ether oxygens (including phenoxy) is 2. The summed E-state index contributed by atoms with van der Waals surface area (Å²) in [6, 6.07) is 12.3. The van der Waals surface area contributed by atoms with Crippen LogP contribution >= 0.6 is 39.1 Å². The van der Waals surface area contributed by atoms with Crippen LogP contribution in [0.1, 0.15) is 0 Å². The molecule has 2 rings (SSSR count). The summed E-state index contributed by atoms with van der Waals surface area (Å²) < 4.78 is 11.7. The molecule has 1 N–H and O–H groups in total. The zero-order valence-electron chi connectivity index (χ0n) is 13.0. The monoisotopic (exact) mass is 441 g/mol. The summed E-state index contributed by atoms with van der Waals surface area (Å²) in [5.41, 5.74) is 0. The molecule has 25 heavy (non-hydrogen) atoms. The fourth-order valence-corrected chi connectivity index (χ4v) is 2.56. The zero-order chi connectivity index (χ0) is 18.1. The van der Waals surface area contributed by atoms with Gasteiger partial charge in [0.05, 0.1) is 11.6 Å². The van der Waals surface area contributed by atoms with Crippen molar-refractivity contribution >= 4 is 45.0 Å². The second-order valence-electron chi connectivity index (χ2n) is 4.74. The average Bonchev–Trinajstić information content (AvgIpc) is 2.57. The van der Waals surface area contributed by atoms with E-state index in [0.717, 1.165) is 10.2 Å². The number of amides is 1. The van der Waals surface area contributed by atoms with Gasteiger partial charge in [-0.2, -0.15) is 0 Å². The van der Waals surface area contributed by atoms with Gasteiger partial charge in [-0.1, -0.05) is 57.0 Å².